The van der Waals surface area contributed by atoms with E-state index in [0.29, 0.717) is 13.0 Å². The summed E-state index contributed by atoms with van der Waals surface area (Å²) in [7, 11) is -6.81. The van der Waals surface area contributed by atoms with Crippen LogP contribution in [0.5, 0.6) is 0 Å². The van der Waals surface area contributed by atoms with E-state index in [0.717, 1.165) is 24.0 Å². The van der Waals surface area contributed by atoms with Gasteiger partial charge in [0.2, 0.25) is 10.0 Å². The Morgan fingerprint density at radius 1 is 1.22 bits per heavy atom. The van der Waals surface area contributed by atoms with Crippen molar-refractivity contribution >= 4 is 19.9 Å². The van der Waals surface area contributed by atoms with E-state index in [9.17, 15) is 16.8 Å². The van der Waals surface area contributed by atoms with E-state index >= 15 is 0 Å². The fourth-order valence-corrected chi connectivity index (χ4v) is 6.43. The lowest BCUT2D eigenvalue weighted by atomic mass is 10.1. The van der Waals surface area contributed by atoms with Crippen LogP contribution in [-0.2, 0) is 19.9 Å². The lowest BCUT2D eigenvalue weighted by Gasteiger charge is -2.27. The van der Waals surface area contributed by atoms with Crippen molar-refractivity contribution < 1.29 is 16.8 Å². The molecule has 1 fully saturated rings. The van der Waals surface area contributed by atoms with Crippen molar-refractivity contribution in [3.63, 3.8) is 0 Å². The number of aryl methyl sites for hydroxylation is 2. The van der Waals surface area contributed by atoms with Crippen LogP contribution in [0.1, 0.15) is 37.3 Å². The lowest BCUT2D eigenvalue weighted by molar-refractivity contribution is 0.335. The van der Waals surface area contributed by atoms with E-state index in [1.54, 1.807) is 18.2 Å². The van der Waals surface area contributed by atoms with Crippen LogP contribution in [0.4, 0.5) is 0 Å². The minimum atomic E-state index is -3.68. The largest absolute Gasteiger partial charge is 0.243 e. The second kappa shape index (κ2) is 6.91. The molecule has 0 spiro atoms. The molecule has 1 saturated heterocycles. The van der Waals surface area contributed by atoms with Crippen LogP contribution in [0.25, 0.3) is 0 Å². The second-order valence-electron chi connectivity index (χ2n) is 6.27. The molecule has 0 unspecified atom stereocenters. The zero-order valence-electron chi connectivity index (χ0n) is 13.9. The van der Waals surface area contributed by atoms with Crippen molar-refractivity contribution in [1.29, 1.82) is 0 Å². The van der Waals surface area contributed by atoms with E-state index in [4.69, 9.17) is 0 Å². The maximum absolute atomic E-state index is 13.0. The van der Waals surface area contributed by atoms with Crippen LogP contribution in [0, 0.1) is 13.8 Å². The molecule has 0 saturated carbocycles. The van der Waals surface area contributed by atoms with Crippen LogP contribution in [-0.4, -0.2) is 45.2 Å². The zero-order chi connectivity index (χ0) is 17.3. The van der Waals surface area contributed by atoms with Gasteiger partial charge < -0.3 is 0 Å². The minimum Gasteiger partial charge on any atom is -0.229 e. The molecule has 1 aromatic carbocycles. The predicted octanol–water partition coefficient (Wildman–Crippen LogP) is 2.28. The molecule has 0 aromatic heterocycles. The van der Waals surface area contributed by atoms with Crippen LogP contribution >= 0.6 is 0 Å². The number of sulfone groups is 1. The number of unbranched alkanes of at least 4 members (excludes halogenated alkanes) is 1. The fourth-order valence-electron chi connectivity index (χ4n) is 2.83. The third-order valence-corrected chi connectivity index (χ3v) is 8.13. The second-order valence-corrected chi connectivity index (χ2v) is 10.4. The summed E-state index contributed by atoms with van der Waals surface area (Å²) in [5, 5.41) is 0. The Labute approximate surface area is 139 Å². The molecule has 5 nitrogen and oxygen atoms in total. The van der Waals surface area contributed by atoms with Gasteiger partial charge in [0, 0.05) is 12.6 Å². The smallest absolute Gasteiger partial charge is 0.229 e. The van der Waals surface area contributed by atoms with Crippen LogP contribution in [0.3, 0.4) is 0 Å². The highest BCUT2D eigenvalue weighted by atomic mass is 32.2. The summed E-state index contributed by atoms with van der Waals surface area (Å²) >= 11 is 0. The number of benzene rings is 1. The first-order valence-corrected chi connectivity index (χ1v) is 11.2. The minimum absolute atomic E-state index is 0.0687. The predicted molar refractivity (Wildman–Crippen MR) is 91.8 cm³/mol. The summed E-state index contributed by atoms with van der Waals surface area (Å²) in [5.41, 5.74) is 1.95. The third-order valence-electron chi connectivity index (χ3n) is 4.43. The van der Waals surface area contributed by atoms with Gasteiger partial charge in [-0.25, -0.2) is 16.8 Å². The van der Waals surface area contributed by atoms with Crippen molar-refractivity contribution in [2.45, 2.75) is 51.0 Å². The maximum atomic E-state index is 13.0. The Balaban J connectivity index is 2.38. The Kier molecular flexibility index (Phi) is 5.53. The number of sulfonamides is 1. The first-order chi connectivity index (χ1) is 10.7. The zero-order valence-corrected chi connectivity index (χ0v) is 15.6. The number of nitrogens with zero attached hydrogens (tertiary/aromatic N) is 1. The van der Waals surface area contributed by atoms with Gasteiger partial charge in [-0.1, -0.05) is 19.4 Å². The SMILES string of the molecule is CCCCN([C@@H]1CCS(=O)(=O)C1)S(=O)(=O)c1ccc(C)c(C)c1. The quantitative estimate of drug-likeness (QED) is 0.781. The first-order valence-electron chi connectivity index (χ1n) is 7.97. The fraction of sp³-hybridized carbons (Fsp3) is 0.625. The number of hydrogen-bond donors (Lipinski definition) is 0. The normalized spacial score (nSPS) is 21.0. The average Bonchev–Trinajstić information content (AvgIpc) is 2.82. The highest BCUT2D eigenvalue weighted by molar-refractivity contribution is 7.92. The van der Waals surface area contributed by atoms with Gasteiger partial charge in [-0.05, 0) is 49.9 Å². The van der Waals surface area contributed by atoms with Gasteiger partial charge in [-0.2, -0.15) is 4.31 Å². The van der Waals surface area contributed by atoms with Crippen molar-refractivity contribution in [1.82, 2.24) is 4.31 Å². The van der Waals surface area contributed by atoms with Crippen molar-refractivity contribution in [3.8, 4) is 0 Å². The summed E-state index contributed by atoms with van der Waals surface area (Å²) in [6.07, 6.45) is 1.97. The molecule has 0 N–H and O–H groups in total. The maximum Gasteiger partial charge on any atom is 0.243 e. The lowest BCUT2D eigenvalue weighted by Crippen LogP contribution is -2.41. The van der Waals surface area contributed by atoms with E-state index in [2.05, 4.69) is 0 Å². The molecule has 1 aliphatic rings. The standard InChI is InChI=1S/C16H25NO4S2/c1-4-5-9-17(15-8-10-22(18,19)12-15)23(20,21)16-7-6-13(2)14(3)11-16/h6-7,11,15H,4-5,8-10,12H2,1-3H3/t15-/m1/s1. The molecular formula is C16H25NO4S2. The average molecular weight is 360 g/mol. The molecule has 1 atom stereocenters. The van der Waals surface area contributed by atoms with Crippen molar-refractivity contribution in [3.05, 3.63) is 29.3 Å². The highest BCUT2D eigenvalue weighted by Gasteiger charge is 2.38. The summed E-state index contributed by atoms with van der Waals surface area (Å²) < 4.78 is 51.0. The molecule has 1 aromatic rings. The number of hydrogen-bond acceptors (Lipinski definition) is 4. The van der Waals surface area contributed by atoms with Gasteiger partial charge in [0.15, 0.2) is 9.84 Å². The van der Waals surface area contributed by atoms with Crippen LogP contribution in [0.2, 0.25) is 0 Å². The Hall–Kier alpha value is -0.920. The van der Waals surface area contributed by atoms with Gasteiger partial charge in [-0.3, -0.25) is 0 Å². The van der Waals surface area contributed by atoms with Gasteiger partial charge in [0.1, 0.15) is 0 Å². The molecule has 1 aliphatic heterocycles. The van der Waals surface area contributed by atoms with E-state index < -0.39 is 25.9 Å². The first kappa shape index (κ1) is 18.4. The molecule has 0 amide bonds. The summed E-state index contributed by atoms with van der Waals surface area (Å²) in [6.45, 7) is 6.17. The van der Waals surface area contributed by atoms with E-state index in [-0.39, 0.29) is 16.4 Å². The summed E-state index contributed by atoms with van der Waals surface area (Å²) in [6, 6.07) is 4.64. The molecule has 130 valence electrons. The van der Waals surface area contributed by atoms with E-state index in [1.165, 1.54) is 4.31 Å². The van der Waals surface area contributed by atoms with Gasteiger partial charge in [-0.15, -0.1) is 0 Å². The topological polar surface area (TPSA) is 71.5 Å². The third kappa shape index (κ3) is 4.14. The molecule has 1 heterocycles. The van der Waals surface area contributed by atoms with Crippen molar-refractivity contribution in [2.24, 2.45) is 0 Å². The van der Waals surface area contributed by atoms with E-state index in [1.807, 2.05) is 20.8 Å². The molecule has 0 radical (unpaired) electrons. The summed E-state index contributed by atoms with van der Waals surface area (Å²) in [5.74, 6) is 0.00350. The molecule has 7 heteroatoms. The Morgan fingerprint density at radius 3 is 2.43 bits per heavy atom. The van der Waals surface area contributed by atoms with Gasteiger partial charge >= 0.3 is 0 Å². The Morgan fingerprint density at radius 2 is 1.91 bits per heavy atom. The van der Waals surface area contributed by atoms with Crippen LogP contribution < -0.4 is 0 Å². The summed E-state index contributed by atoms with van der Waals surface area (Å²) in [4.78, 5) is 0.251. The molecule has 2 rings (SSSR count). The van der Waals surface area contributed by atoms with Gasteiger partial charge in [0.25, 0.3) is 0 Å². The highest BCUT2D eigenvalue weighted by Crippen LogP contribution is 2.26. The van der Waals surface area contributed by atoms with Gasteiger partial charge in [0.05, 0.1) is 16.4 Å². The monoisotopic (exact) mass is 359 g/mol. The molecular weight excluding hydrogens is 334 g/mol. The molecule has 0 aliphatic carbocycles. The molecule has 0 bridgehead atoms. The van der Waals surface area contributed by atoms with Crippen LogP contribution in [0.15, 0.2) is 23.1 Å². The number of rotatable bonds is 6. The molecule has 23 heavy (non-hydrogen) atoms. The Bertz CT molecular complexity index is 769. The van der Waals surface area contributed by atoms with Crippen molar-refractivity contribution in [2.75, 3.05) is 18.1 Å².